The Morgan fingerprint density at radius 3 is 2.67 bits per heavy atom. The van der Waals surface area contributed by atoms with Gasteiger partial charge in [-0.3, -0.25) is 9.59 Å². The summed E-state index contributed by atoms with van der Waals surface area (Å²) < 4.78 is 5.55. The molecule has 21 heavy (non-hydrogen) atoms. The molecule has 0 aliphatic heterocycles. The van der Waals surface area contributed by atoms with Gasteiger partial charge in [0.25, 0.3) is 5.91 Å². The summed E-state index contributed by atoms with van der Waals surface area (Å²) in [6.07, 6.45) is 0. The molecular weight excluding hydrogens is 268 g/mol. The zero-order valence-electron chi connectivity index (χ0n) is 12.6. The van der Waals surface area contributed by atoms with Crippen LogP contribution in [0.3, 0.4) is 0 Å². The molecule has 2 rings (SSSR count). The lowest BCUT2D eigenvalue weighted by molar-refractivity contribution is 0.0709. The lowest BCUT2D eigenvalue weighted by Crippen LogP contribution is -2.39. The largest absolute Gasteiger partial charge is 0.451 e. The third-order valence-corrected chi connectivity index (χ3v) is 3.41. The summed E-state index contributed by atoms with van der Waals surface area (Å²) in [4.78, 5) is 25.9. The highest BCUT2D eigenvalue weighted by Gasteiger charge is 2.23. The molecule has 1 aromatic heterocycles. The first-order valence-electron chi connectivity index (χ1n) is 6.82. The van der Waals surface area contributed by atoms with Gasteiger partial charge in [0.05, 0.1) is 5.39 Å². The number of nitrogens with zero attached hydrogens (tertiary/aromatic N) is 1. The molecule has 0 aliphatic carbocycles. The van der Waals surface area contributed by atoms with E-state index in [2.05, 4.69) is 0 Å². The van der Waals surface area contributed by atoms with E-state index in [1.54, 1.807) is 31.3 Å². The Hall–Kier alpha value is -2.14. The first kappa shape index (κ1) is 15.3. The number of carbonyl (C=O) groups excluding carboxylic acids is 1. The van der Waals surface area contributed by atoms with Gasteiger partial charge in [-0.25, -0.2) is 0 Å². The van der Waals surface area contributed by atoms with Crippen LogP contribution < -0.4 is 11.2 Å². The molecule has 2 N–H and O–H groups in total. The van der Waals surface area contributed by atoms with E-state index in [-0.39, 0.29) is 22.5 Å². The zero-order valence-corrected chi connectivity index (χ0v) is 12.6. The van der Waals surface area contributed by atoms with Crippen LogP contribution in [-0.4, -0.2) is 30.9 Å². The van der Waals surface area contributed by atoms with Crippen molar-refractivity contribution in [2.24, 2.45) is 11.1 Å². The Morgan fingerprint density at radius 1 is 1.33 bits per heavy atom. The maximum absolute atomic E-state index is 12.4. The molecule has 5 heteroatoms. The van der Waals surface area contributed by atoms with Crippen molar-refractivity contribution in [1.29, 1.82) is 0 Å². The third kappa shape index (κ3) is 3.31. The van der Waals surface area contributed by atoms with Crippen LogP contribution >= 0.6 is 0 Å². The molecule has 0 unspecified atom stereocenters. The third-order valence-electron chi connectivity index (χ3n) is 3.41. The number of hydrogen-bond acceptors (Lipinski definition) is 4. The normalized spacial score (nSPS) is 11.6. The molecule has 0 bridgehead atoms. The molecule has 0 atom stereocenters. The van der Waals surface area contributed by atoms with Crippen molar-refractivity contribution in [3.63, 3.8) is 0 Å². The molecule has 1 heterocycles. The summed E-state index contributed by atoms with van der Waals surface area (Å²) in [5.41, 5.74) is 5.69. The van der Waals surface area contributed by atoms with Gasteiger partial charge in [0.15, 0.2) is 11.2 Å². The summed E-state index contributed by atoms with van der Waals surface area (Å²) >= 11 is 0. The smallest absolute Gasteiger partial charge is 0.289 e. The molecule has 0 spiro atoms. The van der Waals surface area contributed by atoms with Crippen molar-refractivity contribution >= 4 is 16.9 Å². The van der Waals surface area contributed by atoms with Crippen molar-refractivity contribution in [2.45, 2.75) is 13.8 Å². The Morgan fingerprint density at radius 2 is 2.00 bits per heavy atom. The summed E-state index contributed by atoms with van der Waals surface area (Å²) in [7, 11) is 1.68. The Balaban J connectivity index is 2.33. The predicted octanol–water partition coefficient (Wildman–Crippen LogP) is 1.85. The standard InChI is InChI=1S/C16H20N2O3/c1-16(2,9-17)10-18(3)15(20)14-8-12(19)11-6-4-5-7-13(11)21-14/h4-8H,9-10,17H2,1-3H3. The van der Waals surface area contributed by atoms with Gasteiger partial charge in [-0.1, -0.05) is 26.0 Å². The fraction of sp³-hybridized carbons (Fsp3) is 0.375. The average molecular weight is 288 g/mol. The molecule has 1 aromatic carbocycles. The van der Waals surface area contributed by atoms with E-state index in [4.69, 9.17) is 10.2 Å². The molecule has 5 nitrogen and oxygen atoms in total. The van der Waals surface area contributed by atoms with Gasteiger partial charge >= 0.3 is 0 Å². The Bertz CT molecular complexity index is 719. The van der Waals surface area contributed by atoms with Gasteiger partial charge < -0.3 is 15.1 Å². The van der Waals surface area contributed by atoms with Crippen LogP contribution in [0.4, 0.5) is 0 Å². The minimum atomic E-state index is -0.320. The van der Waals surface area contributed by atoms with Gasteiger partial charge in [-0.2, -0.15) is 0 Å². The molecular formula is C16H20N2O3. The topological polar surface area (TPSA) is 76.5 Å². The molecule has 0 saturated heterocycles. The highest BCUT2D eigenvalue weighted by atomic mass is 16.3. The second kappa shape index (κ2) is 5.69. The highest BCUT2D eigenvalue weighted by Crippen LogP contribution is 2.17. The van der Waals surface area contributed by atoms with Crippen molar-refractivity contribution in [2.75, 3.05) is 20.1 Å². The first-order valence-corrected chi connectivity index (χ1v) is 6.82. The number of amides is 1. The fourth-order valence-corrected chi connectivity index (χ4v) is 2.18. The zero-order chi connectivity index (χ0) is 15.6. The number of para-hydroxylation sites is 1. The van der Waals surface area contributed by atoms with E-state index >= 15 is 0 Å². The van der Waals surface area contributed by atoms with Crippen LogP contribution in [0, 0.1) is 5.41 Å². The average Bonchev–Trinajstić information content (AvgIpc) is 2.46. The molecule has 112 valence electrons. The SMILES string of the molecule is CN(CC(C)(C)CN)C(=O)c1cc(=O)c2ccccc2o1. The Labute approximate surface area is 123 Å². The van der Waals surface area contributed by atoms with E-state index in [0.29, 0.717) is 24.1 Å². The lowest BCUT2D eigenvalue weighted by atomic mass is 9.93. The van der Waals surface area contributed by atoms with E-state index in [1.807, 2.05) is 13.8 Å². The van der Waals surface area contributed by atoms with Crippen LogP contribution in [0.1, 0.15) is 24.4 Å². The van der Waals surface area contributed by atoms with E-state index < -0.39 is 0 Å². The van der Waals surface area contributed by atoms with Gasteiger partial charge in [0.2, 0.25) is 0 Å². The van der Waals surface area contributed by atoms with E-state index in [0.717, 1.165) is 0 Å². The minimum absolute atomic E-state index is 0.0500. The van der Waals surface area contributed by atoms with Crippen molar-refractivity contribution < 1.29 is 9.21 Å². The van der Waals surface area contributed by atoms with Crippen LogP contribution in [-0.2, 0) is 0 Å². The second-order valence-electron chi connectivity index (χ2n) is 6.00. The van der Waals surface area contributed by atoms with Crippen molar-refractivity contribution in [3.8, 4) is 0 Å². The summed E-state index contributed by atoms with van der Waals surface area (Å²) in [6, 6.07) is 8.13. The van der Waals surface area contributed by atoms with Crippen LogP contribution in [0.15, 0.2) is 39.5 Å². The summed E-state index contributed by atoms with van der Waals surface area (Å²) in [5, 5.41) is 0.471. The first-order chi connectivity index (χ1) is 9.84. The summed E-state index contributed by atoms with van der Waals surface area (Å²) in [5.74, 6) is -0.270. The van der Waals surface area contributed by atoms with Gasteiger partial charge in [0, 0.05) is 19.7 Å². The number of hydrogen-bond donors (Lipinski definition) is 1. The number of benzene rings is 1. The van der Waals surface area contributed by atoms with Crippen LogP contribution in [0.25, 0.3) is 11.0 Å². The van der Waals surface area contributed by atoms with Gasteiger partial charge in [-0.05, 0) is 24.1 Å². The van der Waals surface area contributed by atoms with Crippen molar-refractivity contribution in [3.05, 3.63) is 46.3 Å². The van der Waals surface area contributed by atoms with Crippen LogP contribution in [0.2, 0.25) is 0 Å². The summed E-state index contributed by atoms with van der Waals surface area (Å²) in [6.45, 7) is 4.91. The van der Waals surface area contributed by atoms with Gasteiger partial charge in [-0.15, -0.1) is 0 Å². The number of carbonyl (C=O) groups is 1. The highest BCUT2D eigenvalue weighted by molar-refractivity contribution is 5.93. The molecule has 2 aromatic rings. The lowest BCUT2D eigenvalue weighted by Gasteiger charge is -2.28. The number of rotatable bonds is 4. The fourth-order valence-electron chi connectivity index (χ4n) is 2.18. The maximum atomic E-state index is 12.4. The molecule has 0 radical (unpaired) electrons. The molecule has 0 aliphatic rings. The number of fused-ring (bicyclic) bond motifs is 1. The monoisotopic (exact) mass is 288 g/mol. The van der Waals surface area contributed by atoms with Crippen molar-refractivity contribution in [1.82, 2.24) is 4.90 Å². The molecule has 0 saturated carbocycles. The maximum Gasteiger partial charge on any atom is 0.289 e. The van der Waals surface area contributed by atoms with Gasteiger partial charge in [0.1, 0.15) is 5.58 Å². The number of nitrogens with two attached hydrogens (primary N) is 1. The predicted molar refractivity (Wildman–Crippen MR) is 82.3 cm³/mol. The molecule has 1 amide bonds. The Kier molecular flexibility index (Phi) is 4.14. The second-order valence-corrected chi connectivity index (χ2v) is 6.00. The van der Waals surface area contributed by atoms with E-state index in [1.165, 1.54) is 11.0 Å². The quantitative estimate of drug-likeness (QED) is 0.931. The minimum Gasteiger partial charge on any atom is -0.451 e. The van der Waals surface area contributed by atoms with E-state index in [9.17, 15) is 9.59 Å². The molecule has 0 fully saturated rings. The van der Waals surface area contributed by atoms with Crippen LogP contribution in [0.5, 0.6) is 0 Å².